The lowest BCUT2D eigenvalue weighted by Gasteiger charge is -2.25. The van der Waals surface area contributed by atoms with E-state index >= 15 is 0 Å². The average Bonchev–Trinajstić information content (AvgIpc) is 2.54. The first kappa shape index (κ1) is 14.6. The zero-order valence-corrected chi connectivity index (χ0v) is 13.2. The summed E-state index contributed by atoms with van der Waals surface area (Å²) in [4.78, 5) is 10.6. The Kier molecular flexibility index (Phi) is 4.13. The van der Waals surface area contributed by atoms with Crippen LogP contribution in [0.4, 0.5) is 5.82 Å². The van der Waals surface area contributed by atoms with Gasteiger partial charge in [-0.05, 0) is 24.5 Å². The molecular weight excluding hydrogens is 278 g/mol. The summed E-state index contributed by atoms with van der Waals surface area (Å²) in [5, 5.41) is 0. The maximum Gasteiger partial charge on any atom is 0.131 e. The third kappa shape index (κ3) is 3.13. The smallest absolute Gasteiger partial charge is 0.131 e. The highest BCUT2D eigenvalue weighted by Crippen LogP contribution is 2.32. The number of benzene rings is 1. The number of ether oxygens (including phenoxy) is 2. The Morgan fingerprint density at radius 1 is 1.27 bits per heavy atom. The van der Waals surface area contributed by atoms with Crippen molar-refractivity contribution in [3.63, 3.8) is 0 Å². The molecular formula is C17H21N3O2. The second-order valence-electron chi connectivity index (χ2n) is 5.82. The van der Waals surface area contributed by atoms with Gasteiger partial charge in [0, 0.05) is 37.8 Å². The lowest BCUT2D eigenvalue weighted by atomic mass is 9.92. The normalized spacial score (nSPS) is 16.6. The van der Waals surface area contributed by atoms with Gasteiger partial charge < -0.3 is 14.4 Å². The van der Waals surface area contributed by atoms with Crippen molar-refractivity contribution in [2.75, 3.05) is 32.7 Å². The van der Waals surface area contributed by atoms with Crippen LogP contribution in [-0.2, 0) is 12.8 Å². The molecule has 0 unspecified atom stereocenters. The largest absolute Gasteiger partial charge is 0.497 e. The lowest BCUT2D eigenvalue weighted by molar-refractivity contribution is 0.219. The van der Waals surface area contributed by atoms with Crippen LogP contribution in [0, 0.1) is 5.92 Å². The van der Waals surface area contributed by atoms with Gasteiger partial charge in [-0.25, -0.2) is 9.97 Å². The maximum atomic E-state index is 5.89. The van der Waals surface area contributed by atoms with Crippen molar-refractivity contribution in [1.29, 1.82) is 0 Å². The van der Waals surface area contributed by atoms with Crippen molar-refractivity contribution in [3.05, 3.63) is 41.9 Å². The molecule has 116 valence electrons. The minimum atomic E-state index is 0.436. The van der Waals surface area contributed by atoms with Crippen LogP contribution in [0.2, 0.25) is 0 Å². The van der Waals surface area contributed by atoms with Gasteiger partial charge in [0.15, 0.2) is 0 Å². The van der Waals surface area contributed by atoms with Gasteiger partial charge >= 0.3 is 0 Å². The summed E-state index contributed by atoms with van der Waals surface area (Å²) in [5.41, 5.74) is 2.29. The van der Waals surface area contributed by atoms with Crippen LogP contribution in [-0.4, -0.2) is 37.8 Å². The molecule has 1 atom stereocenters. The average molecular weight is 299 g/mol. The van der Waals surface area contributed by atoms with E-state index in [1.807, 2.05) is 37.2 Å². The van der Waals surface area contributed by atoms with E-state index in [4.69, 9.17) is 9.47 Å². The van der Waals surface area contributed by atoms with E-state index in [2.05, 4.69) is 16.0 Å². The molecule has 0 N–H and O–H groups in total. The first-order valence-corrected chi connectivity index (χ1v) is 7.43. The first-order valence-electron chi connectivity index (χ1n) is 7.43. The molecule has 1 aliphatic heterocycles. The van der Waals surface area contributed by atoms with Crippen molar-refractivity contribution < 1.29 is 9.47 Å². The predicted molar refractivity (Wildman–Crippen MR) is 85.7 cm³/mol. The van der Waals surface area contributed by atoms with E-state index in [-0.39, 0.29) is 0 Å². The number of aromatic nitrogens is 2. The van der Waals surface area contributed by atoms with Crippen LogP contribution in [0.1, 0.15) is 11.3 Å². The highest BCUT2D eigenvalue weighted by Gasteiger charge is 2.21. The van der Waals surface area contributed by atoms with Gasteiger partial charge in [0.05, 0.1) is 13.7 Å². The Hall–Kier alpha value is -2.30. The van der Waals surface area contributed by atoms with Crippen molar-refractivity contribution in [3.8, 4) is 11.5 Å². The fourth-order valence-corrected chi connectivity index (χ4v) is 2.71. The Morgan fingerprint density at radius 2 is 2.14 bits per heavy atom. The van der Waals surface area contributed by atoms with E-state index in [1.165, 1.54) is 5.56 Å². The van der Waals surface area contributed by atoms with Gasteiger partial charge in [0.2, 0.25) is 0 Å². The molecule has 0 aliphatic carbocycles. The van der Waals surface area contributed by atoms with Crippen LogP contribution in [0.15, 0.2) is 30.6 Å². The van der Waals surface area contributed by atoms with Gasteiger partial charge in [-0.3, -0.25) is 0 Å². The SMILES string of the molecule is COc1ccc2c(c1)OC[C@@H](Cc1cc(N(C)C)ncn1)C2. The monoisotopic (exact) mass is 299 g/mol. The molecule has 0 spiro atoms. The van der Waals surface area contributed by atoms with Gasteiger partial charge in [0.25, 0.3) is 0 Å². The standard InChI is InChI=1S/C17H21N3O2/c1-20(2)17-8-14(18-11-19-17)7-12-6-13-4-5-15(21-3)9-16(13)22-10-12/h4-5,8-9,11-12H,6-7,10H2,1-3H3/t12-/m1/s1. The molecule has 0 amide bonds. The zero-order chi connectivity index (χ0) is 15.5. The minimum Gasteiger partial charge on any atom is -0.497 e. The fraction of sp³-hybridized carbons (Fsp3) is 0.412. The summed E-state index contributed by atoms with van der Waals surface area (Å²) in [5.74, 6) is 3.15. The van der Waals surface area contributed by atoms with Crippen LogP contribution < -0.4 is 14.4 Å². The molecule has 1 aromatic heterocycles. The molecule has 1 aliphatic rings. The van der Waals surface area contributed by atoms with Gasteiger partial charge in [-0.15, -0.1) is 0 Å². The number of methoxy groups -OCH3 is 1. The number of nitrogens with zero attached hydrogens (tertiary/aromatic N) is 3. The minimum absolute atomic E-state index is 0.436. The number of fused-ring (bicyclic) bond motifs is 1. The topological polar surface area (TPSA) is 47.5 Å². The number of rotatable bonds is 4. The molecule has 0 saturated carbocycles. The molecule has 3 rings (SSSR count). The molecule has 5 heteroatoms. The summed E-state index contributed by atoms with van der Waals surface area (Å²) in [6.45, 7) is 0.710. The Labute approximate surface area is 130 Å². The number of hydrogen-bond donors (Lipinski definition) is 0. The summed E-state index contributed by atoms with van der Waals surface area (Å²) in [6.07, 6.45) is 3.53. The summed E-state index contributed by atoms with van der Waals surface area (Å²) >= 11 is 0. The van der Waals surface area contributed by atoms with Crippen molar-refractivity contribution >= 4 is 5.82 Å². The second-order valence-corrected chi connectivity index (χ2v) is 5.82. The fourth-order valence-electron chi connectivity index (χ4n) is 2.71. The molecule has 0 radical (unpaired) electrons. The summed E-state index contributed by atoms with van der Waals surface area (Å²) in [6, 6.07) is 8.08. The lowest BCUT2D eigenvalue weighted by Crippen LogP contribution is -2.23. The molecule has 0 saturated heterocycles. The third-order valence-electron chi connectivity index (χ3n) is 3.92. The van der Waals surface area contributed by atoms with Crippen molar-refractivity contribution in [1.82, 2.24) is 9.97 Å². The molecule has 2 heterocycles. The third-order valence-corrected chi connectivity index (χ3v) is 3.92. The van der Waals surface area contributed by atoms with Crippen LogP contribution in [0.5, 0.6) is 11.5 Å². The van der Waals surface area contributed by atoms with Crippen molar-refractivity contribution in [2.45, 2.75) is 12.8 Å². The van der Waals surface area contributed by atoms with Crippen LogP contribution >= 0.6 is 0 Å². The second kappa shape index (κ2) is 6.22. The van der Waals surface area contributed by atoms with E-state index in [0.29, 0.717) is 12.5 Å². The van der Waals surface area contributed by atoms with Gasteiger partial charge in [0.1, 0.15) is 23.6 Å². The molecule has 5 nitrogen and oxygen atoms in total. The van der Waals surface area contributed by atoms with Gasteiger partial charge in [-0.2, -0.15) is 0 Å². The van der Waals surface area contributed by atoms with Gasteiger partial charge in [-0.1, -0.05) is 6.07 Å². The number of anilines is 1. The zero-order valence-electron chi connectivity index (χ0n) is 13.2. The van der Waals surface area contributed by atoms with E-state index in [9.17, 15) is 0 Å². The highest BCUT2D eigenvalue weighted by atomic mass is 16.5. The molecule has 0 fully saturated rings. The molecule has 1 aromatic carbocycles. The number of hydrogen-bond acceptors (Lipinski definition) is 5. The Bertz CT molecular complexity index is 658. The Balaban J connectivity index is 1.71. The molecule has 0 bridgehead atoms. The quantitative estimate of drug-likeness (QED) is 0.867. The predicted octanol–water partition coefficient (Wildman–Crippen LogP) is 2.34. The van der Waals surface area contributed by atoms with E-state index < -0.39 is 0 Å². The summed E-state index contributed by atoms with van der Waals surface area (Å²) < 4.78 is 11.1. The highest BCUT2D eigenvalue weighted by molar-refractivity contribution is 5.42. The van der Waals surface area contributed by atoms with E-state index in [0.717, 1.165) is 35.9 Å². The first-order chi connectivity index (χ1) is 10.7. The summed E-state index contributed by atoms with van der Waals surface area (Å²) in [7, 11) is 5.64. The molecule has 22 heavy (non-hydrogen) atoms. The molecule has 2 aromatic rings. The van der Waals surface area contributed by atoms with Crippen LogP contribution in [0.3, 0.4) is 0 Å². The maximum absolute atomic E-state index is 5.89. The van der Waals surface area contributed by atoms with Crippen LogP contribution in [0.25, 0.3) is 0 Å². The Morgan fingerprint density at radius 3 is 2.91 bits per heavy atom. The van der Waals surface area contributed by atoms with Crippen molar-refractivity contribution in [2.24, 2.45) is 5.92 Å². The van der Waals surface area contributed by atoms with E-state index in [1.54, 1.807) is 13.4 Å².